The van der Waals surface area contributed by atoms with E-state index in [9.17, 15) is 9.90 Å². The first-order valence-electron chi connectivity index (χ1n) is 8.51. The Hall–Kier alpha value is -2.07. The van der Waals surface area contributed by atoms with Crippen LogP contribution in [-0.2, 0) is 4.74 Å². The fourth-order valence-corrected chi connectivity index (χ4v) is 3.29. The van der Waals surface area contributed by atoms with Crippen LogP contribution < -0.4 is 0 Å². The van der Waals surface area contributed by atoms with Gasteiger partial charge < -0.3 is 9.84 Å². The zero-order valence-electron chi connectivity index (χ0n) is 14.5. The van der Waals surface area contributed by atoms with Crippen molar-refractivity contribution < 1.29 is 14.6 Å². The van der Waals surface area contributed by atoms with Gasteiger partial charge in [0.05, 0.1) is 12.1 Å². The smallest absolute Gasteiger partial charge is 0.410 e. The van der Waals surface area contributed by atoms with E-state index in [0.29, 0.717) is 13.0 Å². The standard InChI is InChI=1S/C20H25NO3/c1-20(2,3)24-19(23)21-12-6-9-17(22)18(21)16-11-10-14-7-4-5-8-15(14)13-16/h4-5,7-8,10-11,13,17-18,22H,6,9,12H2,1-3H3/t17-,18-/m0/s1. The van der Waals surface area contributed by atoms with Gasteiger partial charge in [-0.1, -0.05) is 36.4 Å². The molecular formula is C20H25NO3. The van der Waals surface area contributed by atoms with Crippen molar-refractivity contribution in [2.75, 3.05) is 6.54 Å². The molecular weight excluding hydrogens is 302 g/mol. The Morgan fingerprint density at radius 2 is 1.88 bits per heavy atom. The maximum Gasteiger partial charge on any atom is 0.410 e. The molecule has 1 heterocycles. The summed E-state index contributed by atoms with van der Waals surface area (Å²) in [6, 6.07) is 13.8. The summed E-state index contributed by atoms with van der Waals surface area (Å²) in [6.45, 7) is 6.17. The first-order chi connectivity index (χ1) is 11.3. The summed E-state index contributed by atoms with van der Waals surface area (Å²) >= 11 is 0. The van der Waals surface area contributed by atoms with Crippen LogP contribution in [0, 0.1) is 0 Å². The van der Waals surface area contributed by atoms with Crippen molar-refractivity contribution in [3.05, 3.63) is 48.0 Å². The molecule has 3 rings (SSSR count). The number of amides is 1. The predicted octanol–water partition coefficient (Wildman–Crippen LogP) is 4.27. The van der Waals surface area contributed by atoms with E-state index in [2.05, 4.69) is 12.1 Å². The summed E-state index contributed by atoms with van der Waals surface area (Å²) in [5, 5.41) is 12.8. The molecule has 1 saturated heterocycles. The van der Waals surface area contributed by atoms with E-state index in [1.165, 1.54) is 0 Å². The van der Waals surface area contributed by atoms with Crippen LogP contribution in [0.3, 0.4) is 0 Å². The fraction of sp³-hybridized carbons (Fsp3) is 0.450. The van der Waals surface area contributed by atoms with Crippen LogP contribution >= 0.6 is 0 Å². The average molecular weight is 327 g/mol. The SMILES string of the molecule is CC(C)(C)OC(=O)N1CCC[C@H](O)[C@@H]1c1ccc2ccccc2c1. The second-order valence-electron chi connectivity index (χ2n) is 7.43. The molecule has 0 radical (unpaired) electrons. The van der Waals surface area contributed by atoms with Gasteiger partial charge in [0.2, 0.25) is 0 Å². The molecule has 24 heavy (non-hydrogen) atoms. The molecule has 1 aliphatic rings. The van der Waals surface area contributed by atoms with E-state index >= 15 is 0 Å². The van der Waals surface area contributed by atoms with Crippen molar-refractivity contribution in [3.8, 4) is 0 Å². The first kappa shape index (κ1) is 16.8. The fourth-order valence-electron chi connectivity index (χ4n) is 3.29. The summed E-state index contributed by atoms with van der Waals surface area (Å²) in [6.07, 6.45) is 0.535. The zero-order chi connectivity index (χ0) is 17.3. The second kappa shape index (κ2) is 6.44. The van der Waals surface area contributed by atoms with E-state index in [-0.39, 0.29) is 12.1 Å². The van der Waals surface area contributed by atoms with Gasteiger partial charge in [-0.15, -0.1) is 0 Å². The van der Waals surface area contributed by atoms with Crippen LogP contribution in [0.5, 0.6) is 0 Å². The van der Waals surface area contributed by atoms with Crippen LogP contribution in [0.4, 0.5) is 4.79 Å². The van der Waals surface area contributed by atoms with Crippen molar-refractivity contribution in [1.82, 2.24) is 4.90 Å². The number of rotatable bonds is 1. The molecule has 0 aliphatic carbocycles. The second-order valence-corrected chi connectivity index (χ2v) is 7.43. The summed E-state index contributed by atoms with van der Waals surface area (Å²) in [7, 11) is 0. The third kappa shape index (κ3) is 3.54. The Morgan fingerprint density at radius 1 is 1.17 bits per heavy atom. The number of fused-ring (bicyclic) bond motifs is 1. The maximum absolute atomic E-state index is 12.6. The third-order valence-electron chi connectivity index (χ3n) is 4.34. The normalized spacial score (nSPS) is 21.8. The number of carbonyl (C=O) groups excluding carboxylic acids is 1. The van der Waals surface area contributed by atoms with Crippen molar-refractivity contribution in [2.24, 2.45) is 0 Å². The number of ether oxygens (including phenoxy) is 1. The predicted molar refractivity (Wildman–Crippen MR) is 94.9 cm³/mol. The van der Waals surface area contributed by atoms with Crippen molar-refractivity contribution in [1.29, 1.82) is 0 Å². The van der Waals surface area contributed by atoms with Crippen LogP contribution in [0.2, 0.25) is 0 Å². The first-order valence-corrected chi connectivity index (χ1v) is 8.51. The molecule has 1 N–H and O–H groups in total. The molecule has 2 atom stereocenters. The van der Waals surface area contributed by atoms with Gasteiger partial charge in [0.15, 0.2) is 0 Å². The van der Waals surface area contributed by atoms with Crippen LogP contribution in [0.15, 0.2) is 42.5 Å². The average Bonchev–Trinajstić information content (AvgIpc) is 2.52. The molecule has 0 bridgehead atoms. The Morgan fingerprint density at radius 3 is 2.58 bits per heavy atom. The van der Waals surface area contributed by atoms with Crippen LogP contribution in [-0.4, -0.2) is 34.3 Å². The number of hydrogen-bond donors (Lipinski definition) is 1. The molecule has 128 valence electrons. The molecule has 1 aliphatic heterocycles. The number of hydrogen-bond acceptors (Lipinski definition) is 3. The number of aliphatic hydroxyl groups is 1. The van der Waals surface area contributed by atoms with Crippen LogP contribution in [0.25, 0.3) is 10.8 Å². The highest BCUT2D eigenvalue weighted by Crippen LogP contribution is 2.34. The molecule has 1 fully saturated rings. The van der Waals surface area contributed by atoms with Gasteiger partial charge in [0.1, 0.15) is 5.60 Å². The Kier molecular flexibility index (Phi) is 4.50. The maximum atomic E-state index is 12.6. The monoisotopic (exact) mass is 327 g/mol. The molecule has 1 amide bonds. The van der Waals surface area contributed by atoms with Gasteiger partial charge >= 0.3 is 6.09 Å². The topological polar surface area (TPSA) is 49.8 Å². The van der Waals surface area contributed by atoms with Gasteiger partial charge in [-0.25, -0.2) is 4.79 Å². The Balaban J connectivity index is 1.94. The lowest BCUT2D eigenvalue weighted by Gasteiger charge is -2.40. The molecule has 4 heteroatoms. The highest BCUT2D eigenvalue weighted by atomic mass is 16.6. The lowest BCUT2D eigenvalue weighted by atomic mass is 9.91. The van der Waals surface area contributed by atoms with E-state index in [4.69, 9.17) is 4.74 Å². The minimum Gasteiger partial charge on any atom is -0.444 e. The molecule has 2 aromatic carbocycles. The Labute approximate surface area is 143 Å². The highest BCUT2D eigenvalue weighted by Gasteiger charge is 2.36. The number of aliphatic hydroxyl groups excluding tert-OH is 1. The highest BCUT2D eigenvalue weighted by molar-refractivity contribution is 5.83. The number of carbonyl (C=O) groups is 1. The van der Waals surface area contributed by atoms with Crippen LogP contribution in [0.1, 0.15) is 45.2 Å². The Bertz CT molecular complexity index is 735. The third-order valence-corrected chi connectivity index (χ3v) is 4.34. The number of nitrogens with zero attached hydrogens (tertiary/aromatic N) is 1. The van der Waals surface area contributed by atoms with Gasteiger partial charge in [0, 0.05) is 6.54 Å². The van der Waals surface area contributed by atoms with Crippen molar-refractivity contribution >= 4 is 16.9 Å². The van der Waals surface area contributed by atoms with E-state index in [0.717, 1.165) is 22.8 Å². The summed E-state index contributed by atoms with van der Waals surface area (Å²) in [4.78, 5) is 14.3. The van der Waals surface area contributed by atoms with Gasteiger partial charge in [-0.2, -0.15) is 0 Å². The summed E-state index contributed by atoms with van der Waals surface area (Å²) < 4.78 is 5.54. The molecule has 0 unspecified atom stereocenters. The number of likely N-dealkylation sites (tertiary alicyclic amines) is 1. The molecule has 0 spiro atoms. The van der Waals surface area contributed by atoms with Gasteiger partial charge in [-0.3, -0.25) is 4.90 Å². The van der Waals surface area contributed by atoms with Crippen molar-refractivity contribution in [3.63, 3.8) is 0 Å². The summed E-state index contributed by atoms with van der Waals surface area (Å²) in [5.74, 6) is 0. The molecule has 0 aromatic heterocycles. The zero-order valence-corrected chi connectivity index (χ0v) is 14.5. The van der Waals surface area contributed by atoms with E-state index < -0.39 is 11.7 Å². The largest absolute Gasteiger partial charge is 0.444 e. The number of piperidine rings is 1. The number of benzene rings is 2. The minimum atomic E-state index is -0.576. The lowest BCUT2D eigenvalue weighted by Crippen LogP contribution is -2.47. The quantitative estimate of drug-likeness (QED) is 0.851. The molecule has 0 saturated carbocycles. The molecule has 4 nitrogen and oxygen atoms in total. The lowest BCUT2D eigenvalue weighted by molar-refractivity contribution is -0.0238. The van der Waals surface area contributed by atoms with Gasteiger partial charge in [-0.05, 0) is 56.0 Å². The van der Waals surface area contributed by atoms with Gasteiger partial charge in [0.25, 0.3) is 0 Å². The van der Waals surface area contributed by atoms with E-state index in [1.807, 2.05) is 51.1 Å². The minimum absolute atomic E-state index is 0.362. The molecule has 2 aromatic rings. The van der Waals surface area contributed by atoms with E-state index in [1.54, 1.807) is 4.90 Å². The van der Waals surface area contributed by atoms with Crippen molar-refractivity contribution in [2.45, 2.75) is 51.4 Å². The summed E-state index contributed by atoms with van der Waals surface area (Å²) in [5.41, 5.74) is 0.403.